The van der Waals surface area contributed by atoms with E-state index in [0.717, 1.165) is 0 Å². The molecule has 11 heavy (non-hydrogen) atoms. The maximum absolute atomic E-state index is 12.5. The van der Waals surface area contributed by atoms with Gasteiger partial charge >= 0.3 is 0 Å². The number of aliphatic hydroxyl groups is 1. The first kappa shape index (κ1) is 10.5. The summed E-state index contributed by atoms with van der Waals surface area (Å²) in [6, 6.07) is 3.89. The molecule has 0 spiro atoms. The fraction of sp³-hybridized carbons (Fsp3) is 0.143. The van der Waals surface area contributed by atoms with Gasteiger partial charge in [0.15, 0.2) is 0 Å². The van der Waals surface area contributed by atoms with Gasteiger partial charge in [0.25, 0.3) is 0 Å². The fourth-order valence-corrected chi connectivity index (χ4v) is 0.704. The molecule has 2 nitrogen and oxygen atoms in total. The molecule has 0 fully saturated rings. The van der Waals surface area contributed by atoms with Gasteiger partial charge in [0.05, 0.1) is 12.2 Å². The molecule has 4 heteroatoms. The summed E-state index contributed by atoms with van der Waals surface area (Å²) < 4.78 is 12.5. The van der Waals surface area contributed by atoms with E-state index in [1.807, 2.05) is 0 Å². The van der Waals surface area contributed by atoms with E-state index in [1.54, 1.807) is 0 Å². The van der Waals surface area contributed by atoms with E-state index in [0.29, 0.717) is 0 Å². The number of halogens is 1. The Morgan fingerprint density at radius 2 is 2.00 bits per heavy atom. The SMILES string of the molecule is OCc1c(O)cccc1F.[V]. The van der Waals surface area contributed by atoms with Crippen molar-refractivity contribution < 1.29 is 33.2 Å². The Kier molecular flexibility index (Phi) is 4.19. The van der Waals surface area contributed by atoms with E-state index in [1.165, 1.54) is 18.2 Å². The van der Waals surface area contributed by atoms with Crippen LogP contribution in [0.4, 0.5) is 4.39 Å². The number of benzene rings is 1. The molecular weight excluding hydrogens is 186 g/mol. The van der Waals surface area contributed by atoms with Crippen LogP contribution in [0.25, 0.3) is 0 Å². The van der Waals surface area contributed by atoms with Gasteiger partial charge in [-0.1, -0.05) is 6.07 Å². The summed E-state index contributed by atoms with van der Waals surface area (Å²) in [5.41, 5.74) is -0.0532. The van der Waals surface area contributed by atoms with Gasteiger partial charge in [0.2, 0.25) is 0 Å². The number of hydrogen-bond donors (Lipinski definition) is 2. The molecule has 1 rings (SSSR count). The summed E-state index contributed by atoms with van der Waals surface area (Å²) in [4.78, 5) is 0. The average molecular weight is 193 g/mol. The molecule has 1 radical (unpaired) electrons. The fourth-order valence-electron chi connectivity index (χ4n) is 0.704. The third-order valence-electron chi connectivity index (χ3n) is 1.25. The molecule has 0 saturated heterocycles. The van der Waals surface area contributed by atoms with Gasteiger partial charge in [-0.15, -0.1) is 0 Å². The van der Waals surface area contributed by atoms with Crippen molar-refractivity contribution in [1.82, 2.24) is 0 Å². The standard InChI is InChI=1S/C7H7FO2.V/c8-6-2-1-3-7(10)5(6)4-9;/h1-3,9-10H,4H2;. The number of phenols is 1. The monoisotopic (exact) mass is 193 g/mol. The van der Waals surface area contributed by atoms with Gasteiger partial charge in [-0.2, -0.15) is 0 Å². The van der Waals surface area contributed by atoms with Crippen molar-refractivity contribution in [3.05, 3.63) is 29.6 Å². The smallest absolute Gasteiger partial charge is 0.132 e. The molecule has 1 aromatic carbocycles. The van der Waals surface area contributed by atoms with Crippen LogP contribution in [0.3, 0.4) is 0 Å². The Morgan fingerprint density at radius 1 is 1.36 bits per heavy atom. The second-order valence-electron chi connectivity index (χ2n) is 1.90. The van der Waals surface area contributed by atoms with Gasteiger partial charge < -0.3 is 10.2 Å². The topological polar surface area (TPSA) is 40.5 Å². The van der Waals surface area contributed by atoms with Crippen LogP contribution in [-0.2, 0) is 25.2 Å². The van der Waals surface area contributed by atoms with Crippen molar-refractivity contribution in [3.63, 3.8) is 0 Å². The molecular formula is C7H7FO2V. The third kappa shape index (κ3) is 2.22. The Balaban J connectivity index is 0.000001000. The summed E-state index contributed by atoms with van der Waals surface area (Å²) in [5, 5.41) is 17.4. The maximum atomic E-state index is 12.5. The molecule has 0 aliphatic rings. The molecule has 0 atom stereocenters. The maximum Gasteiger partial charge on any atom is 0.132 e. The van der Waals surface area contributed by atoms with Crippen LogP contribution < -0.4 is 0 Å². The summed E-state index contributed by atoms with van der Waals surface area (Å²) in [5.74, 6) is -0.787. The first-order chi connectivity index (χ1) is 4.75. The van der Waals surface area contributed by atoms with E-state index >= 15 is 0 Å². The van der Waals surface area contributed by atoms with Crippen molar-refractivity contribution >= 4 is 0 Å². The first-order valence-electron chi connectivity index (χ1n) is 2.83. The Bertz CT molecular complexity index is 220. The number of rotatable bonds is 1. The summed E-state index contributed by atoms with van der Waals surface area (Å²) in [6.07, 6.45) is 0. The van der Waals surface area contributed by atoms with E-state index < -0.39 is 12.4 Å². The summed E-state index contributed by atoms with van der Waals surface area (Å²) in [7, 11) is 0. The molecule has 0 aliphatic carbocycles. The summed E-state index contributed by atoms with van der Waals surface area (Å²) in [6.45, 7) is -0.474. The zero-order valence-corrected chi connectivity index (χ0v) is 7.06. The van der Waals surface area contributed by atoms with Crippen LogP contribution >= 0.6 is 0 Å². The first-order valence-corrected chi connectivity index (χ1v) is 2.83. The molecule has 59 valence electrons. The van der Waals surface area contributed by atoms with Crippen LogP contribution in [-0.4, -0.2) is 10.2 Å². The molecule has 0 saturated carbocycles. The van der Waals surface area contributed by atoms with E-state index in [9.17, 15) is 4.39 Å². The van der Waals surface area contributed by atoms with Crippen molar-refractivity contribution in [3.8, 4) is 5.75 Å². The van der Waals surface area contributed by atoms with Gasteiger partial charge in [0, 0.05) is 18.6 Å². The van der Waals surface area contributed by atoms with Crippen LogP contribution in [0.2, 0.25) is 0 Å². The van der Waals surface area contributed by atoms with Crippen molar-refractivity contribution in [2.45, 2.75) is 6.61 Å². The molecule has 0 bridgehead atoms. The Morgan fingerprint density at radius 3 is 2.36 bits per heavy atom. The van der Waals surface area contributed by atoms with Gasteiger partial charge in [-0.25, -0.2) is 4.39 Å². The number of aromatic hydroxyl groups is 1. The number of aliphatic hydroxyl groups excluding tert-OH is 1. The minimum absolute atomic E-state index is 0. The molecule has 2 N–H and O–H groups in total. The minimum atomic E-state index is -0.581. The van der Waals surface area contributed by atoms with E-state index in [2.05, 4.69) is 0 Å². The zero-order valence-electron chi connectivity index (χ0n) is 5.66. The van der Waals surface area contributed by atoms with Gasteiger partial charge in [-0.05, 0) is 12.1 Å². The predicted molar refractivity (Wildman–Crippen MR) is 34.0 cm³/mol. The van der Waals surface area contributed by atoms with Crippen LogP contribution in [0.5, 0.6) is 5.75 Å². The summed E-state index contributed by atoms with van der Waals surface area (Å²) >= 11 is 0. The average Bonchev–Trinajstić information content (AvgIpc) is 1.88. The van der Waals surface area contributed by atoms with Crippen LogP contribution in [0.15, 0.2) is 18.2 Å². The largest absolute Gasteiger partial charge is 0.507 e. The van der Waals surface area contributed by atoms with E-state index in [4.69, 9.17) is 10.2 Å². The predicted octanol–water partition coefficient (Wildman–Crippen LogP) is 1.02. The minimum Gasteiger partial charge on any atom is -0.507 e. The molecule has 0 aliphatic heterocycles. The quantitative estimate of drug-likeness (QED) is 0.699. The molecule has 0 unspecified atom stereocenters. The molecule has 0 aromatic heterocycles. The van der Waals surface area contributed by atoms with Crippen LogP contribution in [0, 0.1) is 5.82 Å². The Labute approximate surface area is 75.6 Å². The normalized spacial score (nSPS) is 8.91. The van der Waals surface area contributed by atoms with Gasteiger partial charge in [0.1, 0.15) is 11.6 Å². The van der Waals surface area contributed by atoms with Gasteiger partial charge in [-0.3, -0.25) is 0 Å². The van der Waals surface area contributed by atoms with Crippen molar-refractivity contribution in [2.24, 2.45) is 0 Å². The zero-order chi connectivity index (χ0) is 7.56. The molecule has 0 heterocycles. The number of hydrogen-bond acceptors (Lipinski definition) is 2. The van der Waals surface area contributed by atoms with Crippen molar-refractivity contribution in [1.29, 1.82) is 0 Å². The van der Waals surface area contributed by atoms with E-state index in [-0.39, 0.29) is 29.9 Å². The Hall–Kier alpha value is -0.506. The van der Waals surface area contributed by atoms with Crippen molar-refractivity contribution in [2.75, 3.05) is 0 Å². The van der Waals surface area contributed by atoms with Crippen LogP contribution in [0.1, 0.15) is 5.56 Å². The molecule has 1 aromatic rings. The second kappa shape index (κ2) is 4.39. The molecule has 0 amide bonds. The second-order valence-corrected chi connectivity index (χ2v) is 1.90. The third-order valence-corrected chi connectivity index (χ3v) is 1.25.